The van der Waals surface area contributed by atoms with Gasteiger partial charge in [-0.2, -0.15) is 0 Å². The third-order valence-corrected chi connectivity index (χ3v) is 5.26. The number of nitrogens with zero attached hydrogens (tertiary/aromatic N) is 1. The summed E-state index contributed by atoms with van der Waals surface area (Å²) in [7, 11) is 0. The second-order valence-electron chi connectivity index (χ2n) is 6.84. The lowest BCUT2D eigenvalue weighted by Gasteiger charge is -2.32. The normalized spacial score (nSPS) is 23.2. The monoisotopic (exact) mass is 340 g/mol. The van der Waals surface area contributed by atoms with E-state index in [0.717, 1.165) is 30.8 Å². The number of fused-ring (bicyclic) bond motifs is 1. The van der Waals surface area contributed by atoms with E-state index < -0.39 is 0 Å². The summed E-state index contributed by atoms with van der Waals surface area (Å²) >= 11 is 0. The zero-order valence-corrected chi connectivity index (χ0v) is 14.3. The van der Waals surface area contributed by atoms with Crippen LogP contribution in [0.15, 0.2) is 47.1 Å². The van der Waals surface area contributed by atoms with Crippen molar-refractivity contribution >= 4 is 5.91 Å². The molecule has 2 saturated heterocycles. The van der Waals surface area contributed by atoms with Crippen molar-refractivity contribution in [1.82, 2.24) is 10.2 Å². The molecular weight excluding hydrogens is 316 g/mol. The van der Waals surface area contributed by atoms with Gasteiger partial charge in [-0.15, -0.1) is 0 Å². The lowest BCUT2D eigenvalue weighted by atomic mass is 9.99. The van der Waals surface area contributed by atoms with E-state index in [1.54, 1.807) is 12.3 Å². The highest BCUT2D eigenvalue weighted by Gasteiger charge is 2.36. The zero-order valence-electron chi connectivity index (χ0n) is 14.3. The van der Waals surface area contributed by atoms with Crippen LogP contribution in [0.1, 0.15) is 41.8 Å². The number of piperidine rings is 1. The van der Waals surface area contributed by atoms with E-state index in [9.17, 15) is 4.79 Å². The van der Waals surface area contributed by atoms with Gasteiger partial charge in [-0.3, -0.25) is 9.69 Å². The Bertz CT molecular complexity index is 713. The molecule has 2 aliphatic heterocycles. The summed E-state index contributed by atoms with van der Waals surface area (Å²) in [6.07, 6.45) is 6.28. The molecule has 2 atom stereocenters. The average Bonchev–Trinajstić information content (AvgIpc) is 3.28. The Morgan fingerprint density at radius 1 is 1.16 bits per heavy atom. The molecule has 0 saturated carbocycles. The molecule has 0 aliphatic carbocycles. The molecule has 132 valence electrons. The standard InChI is InChI=1S/C20H24N2O3/c23-20(21-17-9-12-22-11-5-4-8-18(17)22)19-15(10-13-24-19)14-25-16-6-2-1-3-7-16/h1-3,6-7,10,13,17-18H,4-5,8-9,11-12,14H2,(H,21,23)/t17-,18-/m0/s1. The molecule has 1 amide bonds. The summed E-state index contributed by atoms with van der Waals surface area (Å²) in [5.74, 6) is 1.02. The smallest absolute Gasteiger partial charge is 0.287 e. The van der Waals surface area contributed by atoms with Gasteiger partial charge in [0.2, 0.25) is 0 Å². The maximum Gasteiger partial charge on any atom is 0.287 e. The number of nitrogens with one attached hydrogen (secondary N) is 1. The third kappa shape index (κ3) is 3.56. The van der Waals surface area contributed by atoms with Crippen LogP contribution >= 0.6 is 0 Å². The topological polar surface area (TPSA) is 54.7 Å². The highest BCUT2D eigenvalue weighted by atomic mass is 16.5. The van der Waals surface area contributed by atoms with Crippen molar-refractivity contribution in [2.24, 2.45) is 0 Å². The molecule has 4 rings (SSSR count). The Hall–Kier alpha value is -2.27. The van der Waals surface area contributed by atoms with Crippen LogP contribution in [-0.4, -0.2) is 36.0 Å². The lowest BCUT2D eigenvalue weighted by molar-refractivity contribution is 0.0884. The SMILES string of the molecule is O=C(N[C@H]1CCN2CCCC[C@@H]12)c1occc1COc1ccccc1. The number of carbonyl (C=O) groups excluding carboxylic acids is 1. The second-order valence-corrected chi connectivity index (χ2v) is 6.84. The van der Waals surface area contributed by atoms with Crippen molar-refractivity contribution in [3.63, 3.8) is 0 Å². The number of rotatable bonds is 5. The van der Waals surface area contributed by atoms with Crippen LogP contribution in [0.2, 0.25) is 0 Å². The number of amides is 1. The van der Waals surface area contributed by atoms with E-state index in [2.05, 4.69) is 10.2 Å². The Morgan fingerprint density at radius 3 is 2.92 bits per heavy atom. The van der Waals surface area contributed by atoms with Crippen molar-refractivity contribution in [3.05, 3.63) is 54.0 Å². The fraction of sp³-hybridized carbons (Fsp3) is 0.450. The molecule has 3 heterocycles. The lowest BCUT2D eigenvalue weighted by Crippen LogP contribution is -2.46. The van der Waals surface area contributed by atoms with Crippen molar-refractivity contribution in [2.45, 2.75) is 44.4 Å². The van der Waals surface area contributed by atoms with Gasteiger partial charge in [-0.1, -0.05) is 24.6 Å². The van der Waals surface area contributed by atoms with Crippen molar-refractivity contribution in [1.29, 1.82) is 0 Å². The highest BCUT2D eigenvalue weighted by Crippen LogP contribution is 2.27. The predicted octanol–water partition coefficient (Wildman–Crippen LogP) is 3.22. The number of para-hydroxylation sites is 1. The zero-order chi connectivity index (χ0) is 17.1. The van der Waals surface area contributed by atoms with E-state index in [-0.39, 0.29) is 11.9 Å². The van der Waals surface area contributed by atoms with Gasteiger partial charge in [0.15, 0.2) is 5.76 Å². The van der Waals surface area contributed by atoms with Crippen molar-refractivity contribution in [2.75, 3.05) is 13.1 Å². The Kier molecular flexibility index (Phi) is 4.74. The van der Waals surface area contributed by atoms with Gasteiger partial charge >= 0.3 is 0 Å². The minimum Gasteiger partial charge on any atom is -0.489 e. The number of carbonyl (C=O) groups is 1. The number of hydrogen-bond donors (Lipinski definition) is 1. The number of ether oxygens (including phenoxy) is 1. The van der Waals surface area contributed by atoms with Gasteiger partial charge in [-0.05, 0) is 44.0 Å². The van der Waals surface area contributed by atoms with Crippen molar-refractivity contribution in [3.8, 4) is 5.75 Å². The second kappa shape index (κ2) is 7.31. The van der Waals surface area contributed by atoms with Gasteiger partial charge in [-0.25, -0.2) is 0 Å². The van der Waals surface area contributed by atoms with Crippen LogP contribution in [-0.2, 0) is 6.61 Å². The van der Waals surface area contributed by atoms with Crippen LogP contribution < -0.4 is 10.1 Å². The molecule has 2 aliphatic rings. The summed E-state index contributed by atoms with van der Waals surface area (Å²) in [4.78, 5) is 15.2. The van der Waals surface area contributed by atoms with Crippen LogP contribution in [0.25, 0.3) is 0 Å². The van der Waals surface area contributed by atoms with Crippen molar-refractivity contribution < 1.29 is 13.9 Å². The summed E-state index contributed by atoms with van der Waals surface area (Å²) in [5, 5.41) is 3.19. The van der Waals surface area contributed by atoms with Gasteiger partial charge in [0, 0.05) is 24.2 Å². The fourth-order valence-corrected chi connectivity index (χ4v) is 3.98. The van der Waals surface area contributed by atoms with Gasteiger partial charge in [0.05, 0.1) is 6.26 Å². The number of furan rings is 1. The first-order valence-electron chi connectivity index (χ1n) is 9.10. The van der Waals surface area contributed by atoms with Gasteiger partial charge in [0.1, 0.15) is 12.4 Å². The minimum absolute atomic E-state index is 0.130. The van der Waals surface area contributed by atoms with E-state index in [4.69, 9.17) is 9.15 Å². The van der Waals surface area contributed by atoms with Crippen LogP contribution in [0.3, 0.4) is 0 Å². The third-order valence-electron chi connectivity index (χ3n) is 5.26. The first-order chi connectivity index (χ1) is 12.3. The Labute approximate surface area is 148 Å². The summed E-state index contributed by atoms with van der Waals surface area (Å²) in [5.41, 5.74) is 0.778. The molecule has 5 nitrogen and oxygen atoms in total. The van der Waals surface area contributed by atoms with E-state index in [1.807, 2.05) is 30.3 Å². The molecule has 0 unspecified atom stereocenters. The summed E-state index contributed by atoms with van der Waals surface area (Å²) in [6, 6.07) is 12.1. The molecule has 1 aromatic carbocycles. The van der Waals surface area contributed by atoms with E-state index >= 15 is 0 Å². The molecule has 2 fully saturated rings. The van der Waals surface area contributed by atoms with E-state index in [1.165, 1.54) is 19.3 Å². The number of benzene rings is 1. The Morgan fingerprint density at radius 2 is 2.04 bits per heavy atom. The molecule has 2 aromatic rings. The highest BCUT2D eigenvalue weighted by molar-refractivity contribution is 5.93. The fourth-order valence-electron chi connectivity index (χ4n) is 3.98. The average molecular weight is 340 g/mol. The molecular formula is C20H24N2O3. The van der Waals surface area contributed by atoms with Crippen LogP contribution in [0.5, 0.6) is 5.75 Å². The predicted molar refractivity (Wildman–Crippen MR) is 94.6 cm³/mol. The molecule has 0 radical (unpaired) electrons. The maximum atomic E-state index is 12.7. The van der Waals surface area contributed by atoms with Gasteiger partial charge in [0.25, 0.3) is 5.91 Å². The first-order valence-corrected chi connectivity index (χ1v) is 9.10. The summed E-state index contributed by atoms with van der Waals surface area (Å²) < 4.78 is 11.2. The first kappa shape index (κ1) is 16.2. The molecule has 25 heavy (non-hydrogen) atoms. The summed E-state index contributed by atoms with van der Waals surface area (Å²) in [6.45, 7) is 2.56. The van der Waals surface area contributed by atoms with E-state index in [0.29, 0.717) is 18.4 Å². The molecule has 1 aromatic heterocycles. The number of hydrogen-bond acceptors (Lipinski definition) is 4. The van der Waals surface area contributed by atoms with Crippen LogP contribution in [0, 0.1) is 0 Å². The molecule has 0 bridgehead atoms. The maximum absolute atomic E-state index is 12.7. The van der Waals surface area contributed by atoms with Gasteiger partial charge < -0.3 is 14.5 Å². The largest absolute Gasteiger partial charge is 0.489 e. The minimum atomic E-state index is -0.130. The Balaban J connectivity index is 1.38. The van der Waals surface area contributed by atoms with Crippen LogP contribution in [0.4, 0.5) is 0 Å². The quantitative estimate of drug-likeness (QED) is 0.908. The molecule has 0 spiro atoms. The molecule has 5 heteroatoms. The molecule has 1 N–H and O–H groups in total.